The first-order chi connectivity index (χ1) is 17.7. The molecule has 0 rings (SSSR count). The highest BCUT2D eigenvalue weighted by Crippen LogP contribution is 2.15. The fraction of sp³-hybridized carbons (Fsp3) is 0.938. The number of esters is 2. The lowest BCUT2D eigenvalue weighted by molar-refractivity contribution is -0.162. The van der Waals surface area contributed by atoms with E-state index in [0.717, 1.165) is 32.1 Å². The lowest BCUT2D eigenvalue weighted by Crippen LogP contribution is -2.28. The normalized spacial score (nSPS) is 11.2. The Labute approximate surface area is 225 Å². The molecule has 0 aromatic rings. The Morgan fingerprint density at radius 2 is 0.694 bits per heavy atom. The largest absolute Gasteiger partial charge is 0.465 e. The maximum Gasteiger partial charge on any atom is 0.320 e. The predicted molar refractivity (Wildman–Crippen MR) is 153 cm³/mol. The molecule has 0 aliphatic heterocycles. The zero-order valence-electron chi connectivity index (χ0n) is 24.6. The minimum atomic E-state index is -0.754. The number of hydrogen-bond donors (Lipinski definition) is 0. The minimum Gasteiger partial charge on any atom is -0.465 e. The Morgan fingerprint density at radius 3 is 0.972 bits per heavy atom. The van der Waals surface area contributed by atoms with Crippen LogP contribution in [0.4, 0.5) is 0 Å². The van der Waals surface area contributed by atoms with Crippen molar-refractivity contribution < 1.29 is 19.1 Å². The van der Waals surface area contributed by atoms with E-state index in [1.807, 2.05) is 6.92 Å². The Balaban J connectivity index is 3.72. The first-order valence-corrected chi connectivity index (χ1v) is 16.0. The number of hydrogen-bond acceptors (Lipinski definition) is 4. The summed E-state index contributed by atoms with van der Waals surface area (Å²) in [7, 11) is 0. The van der Waals surface area contributed by atoms with Gasteiger partial charge in [0.2, 0.25) is 0 Å². The van der Waals surface area contributed by atoms with Crippen molar-refractivity contribution in [1.82, 2.24) is 0 Å². The van der Waals surface area contributed by atoms with Gasteiger partial charge in [-0.2, -0.15) is 0 Å². The lowest BCUT2D eigenvalue weighted by atomic mass is 10.0. The minimum absolute atomic E-state index is 0.395. The van der Waals surface area contributed by atoms with E-state index in [1.165, 1.54) is 116 Å². The first-order valence-electron chi connectivity index (χ1n) is 16.0. The summed E-state index contributed by atoms with van der Waals surface area (Å²) in [6.45, 7) is 7.34. The third kappa shape index (κ3) is 23.3. The molecular formula is C32H62O4. The van der Waals surface area contributed by atoms with Crippen LogP contribution in [0.5, 0.6) is 0 Å². The third-order valence-corrected chi connectivity index (χ3v) is 7.13. The molecule has 0 amide bonds. The van der Waals surface area contributed by atoms with Crippen LogP contribution in [0, 0.1) is 5.92 Å². The molecule has 214 valence electrons. The Hall–Kier alpha value is -1.06. The van der Waals surface area contributed by atoms with Gasteiger partial charge in [-0.15, -0.1) is 0 Å². The van der Waals surface area contributed by atoms with Gasteiger partial charge in [0.05, 0.1) is 13.2 Å². The summed E-state index contributed by atoms with van der Waals surface area (Å²) < 4.78 is 10.9. The molecule has 0 N–H and O–H groups in total. The molecular weight excluding hydrogens is 448 g/mol. The summed E-state index contributed by atoms with van der Waals surface area (Å²) in [6.07, 6.45) is 29.1. The molecule has 4 nitrogen and oxygen atoms in total. The van der Waals surface area contributed by atoms with Gasteiger partial charge in [-0.1, -0.05) is 156 Å². The second kappa shape index (κ2) is 28.5. The van der Waals surface area contributed by atoms with E-state index in [0.29, 0.717) is 19.6 Å². The molecule has 0 aromatic carbocycles. The maximum absolute atomic E-state index is 12.5. The van der Waals surface area contributed by atoms with E-state index in [-0.39, 0.29) is 0 Å². The third-order valence-electron chi connectivity index (χ3n) is 7.13. The maximum atomic E-state index is 12.5. The standard InChI is InChI=1S/C32H62O4/c1-4-7-9-11-13-15-17-19-21-23-25-28-35-31(33)30(27-6-3)32(34)36-29-26-24-22-20-18-16-14-12-10-8-5-2/h30H,4-29H2,1-3H3. The van der Waals surface area contributed by atoms with Crippen LogP contribution < -0.4 is 0 Å². The Morgan fingerprint density at radius 1 is 0.417 bits per heavy atom. The van der Waals surface area contributed by atoms with E-state index in [2.05, 4.69) is 13.8 Å². The van der Waals surface area contributed by atoms with Crippen molar-refractivity contribution in [3.63, 3.8) is 0 Å². The number of ether oxygens (including phenoxy) is 2. The van der Waals surface area contributed by atoms with Crippen LogP contribution in [0.2, 0.25) is 0 Å². The SMILES string of the molecule is CCCCCCCCCCCCCOC(=O)C(CCC)C(=O)OCCCCCCCCCCCCC. The molecule has 0 aliphatic rings. The number of carbonyl (C=O) groups is 2. The lowest BCUT2D eigenvalue weighted by Gasteiger charge is -2.15. The molecule has 0 saturated heterocycles. The van der Waals surface area contributed by atoms with Crippen molar-refractivity contribution in [1.29, 1.82) is 0 Å². The number of unbranched alkanes of at least 4 members (excludes halogenated alkanes) is 20. The van der Waals surface area contributed by atoms with Crippen LogP contribution in [0.3, 0.4) is 0 Å². The summed E-state index contributed by atoms with van der Waals surface area (Å²) in [5.74, 6) is -1.55. The first kappa shape index (κ1) is 34.9. The monoisotopic (exact) mass is 510 g/mol. The molecule has 0 aromatic heterocycles. The van der Waals surface area contributed by atoms with Gasteiger partial charge < -0.3 is 9.47 Å². The molecule has 0 unspecified atom stereocenters. The molecule has 0 bridgehead atoms. The van der Waals surface area contributed by atoms with Gasteiger partial charge in [-0.05, 0) is 19.3 Å². The molecule has 4 heteroatoms. The van der Waals surface area contributed by atoms with E-state index >= 15 is 0 Å². The Bertz CT molecular complexity index is 437. The van der Waals surface area contributed by atoms with Crippen molar-refractivity contribution in [3.8, 4) is 0 Å². The van der Waals surface area contributed by atoms with Crippen LogP contribution in [-0.4, -0.2) is 25.2 Å². The molecule has 0 fully saturated rings. The number of carbonyl (C=O) groups excluding carboxylic acids is 2. The highest BCUT2D eigenvalue weighted by Gasteiger charge is 2.28. The second-order valence-electron chi connectivity index (χ2n) is 10.7. The van der Waals surface area contributed by atoms with Crippen molar-refractivity contribution in [2.24, 2.45) is 5.92 Å². The van der Waals surface area contributed by atoms with E-state index < -0.39 is 17.9 Å². The topological polar surface area (TPSA) is 52.6 Å². The van der Waals surface area contributed by atoms with Crippen molar-refractivity contribution in [3.05, 3.63) is 0 Å². The van der Waals surface area contributed by atoms with Gasteiger partial charge in [-0.25, -0.2) is 0 Å². The van der Waals surface area contributed by atoms with E-state index in [4.69, 9.17) is 9.47 Å². The second-order valence-corrected chi connectivity index (χ2v) is 10.7. The molecule has 0 radical (unpaired) electrons. The van der Waals surface area contributed by atoms with Gasteiger partial charge >= 0.3 is 11.9 Å². The van der Waals surface area contributed by atoms with Crippen LogP contribution in [0.25, 0.3) is 0 Å². The number of rotatable bonds is 28. The fourth-order valence-electron chi connectivity index (χ4n) is 4.70. The molecule has 0 heterocycles. The van der Waals surface area contributed by atoms with Crippen molar-refractivity contribution in [2.45, 2.75) is 175 Å². The molecule has 0 spiro atoms. The van der Waals surface area contributed by atoms with Gasteiger partial charge in [0.1, 0.15) is 0 Å². The van der Waals surface area contributed by atoms with Gasteiger partial charge in [0, 0.05) is 0 Å². The summed E-state index contributed by atoms with van der Waals surface area (Å²) in [5, 5.41) is 0. The van der Waals surface area contributed by atoms with Gasteiger partial charge in [-0.3, -0.25) is 9.59 Å². The van der Waals surface area contributed by atoms with Gasteiger partial charge in [0.15, 0.2) is 5.92 Å². The molecule has 0 atom stereocenters. The average Bonchev–Trinajstić information content (AvgIpc) is 2.88. The highest BCUT2D eigenvalue weighted by atomic mass is 16.6. The highest BCUT2D eigenvalue weighted by molar-refractivity contribution is 5.94. The molecule has 36 heavy (non-hydrogen) atoms. The van der Waals surface area contributed by atoms with Crippen molar-refractivity contribution in [2.75, 3.05) is 13.2 Å². The van der Waals surface area contributed by atoms with Crippen molar-refractivity contribution >= 4 is 11.9 Å². The fourth-order valence-corrected chi connectivity index (χ4v) is 4.70. The van der Waals surface area contributed by atoms with Crippen LogP contribution >= 0.6 is 0 Å². The zero-order valence-corrected chi connectivity index (χ0v) is 24.6. The molecule has 0 saturated carbocycles. The summed E-state index contributed by atoms with van der Waals surface area (Å²) in [5.41, 5.74) is 0. The van der Waals surface area contributed by atoms with Crippen LogP contribution in [0.1, 0.15) is 175 Å². The predicted octanol–water partition coefficient (Wildman–Crippen LogP) is 10.1. The molecule has 0 aliphatic carbocycles. The summed E-state index contributed by atoms with van der Waals surface area (Å²) in [4.78, 5) is 24.9. The average molecular weight is 511 g/mol. The summed E-state index contributed by atoms with van der Waals surface area (Å²) >= 11 is 0. The van der Waals surface area contributed by atoms with Crippen LogP contribution in [-0.2, 0) is 19.1 Å². The zero-order chi connectivity index (χ0) is 26.5. The van der Waals surface area contributed by atoms with E-state index in [9.17, 15) is 9.59 Å². The smallest absolute Gasteiger partial charge is 0.320 e. The Kier molecular flexibility index (Phi) is 27.7. The quantitative estimate of drug-likeness (QED) is 0.0596. The van der Waals surface area contributed by atoms with E-state index in [1.54, 1.807) is 0 Å². The summed E-state index contributed by atoms with van der Waals surface area (Å²) in [6, 6.07) is 0. The van der Waals surface area contributed by atoms with Gasteiger partial charge in [0.25, 0.3) is 0 Å². The van der Waals surface area contributed by atoms with Crippen LogP contribution in [0.15, 0.2) is 0 Å².